The van der Waals surface area contributed by atoms with Gasteiger partial charge in [-0.25, -0.2) is 9.78 Å². The Morgan fingerprint density at radius 3 is 2.67 bits per heavy atom. The Labute approximate surface area is 92.9 Å². The minimum absolute atomic E-state index is 0.142. The molecule has 0 unspecified atom stereocenters. The van der Waals surface area contributed by atoms with Crippen LogP contribution < -0.4 is 0 Å². The summed E-state index contributed by atoms with van der Waals surface area (Å²) in [6.07, 6.45) is 0.675. The molecule has 0 bridgehead atoms. The molecule has 1 rings (SSSR count). The third kappa shape index (κ3) is 3.00. The number of rotatable bonds is 5. The van der Waals surface area contributed by atoms with E-state index in [1.807, 2.05) is 13.8 Å². The van der Waals surface area contributed by atoms with Gasteiger partial charge in [-0.05, 0) is 5.92 Å². The molecule has 1 N–H and O–H groups in total. The molecule has 0 radical (unpaired) electrons. The van der Waals surface area contributed by atoms with Crippen molar-refractivity contribution in [1.29, 1.82) is 0 Å². The van der Waals surface area contributed by atoms with Crippen LogP contribution in [0.1, 0.15) is 40.1 Å². The minimum atomic E-state index is -0.889. The van der Waals surface area contributed by atoms with Gasteiger partial charge in [-0.1, -0.05) is 13.8 Å². The Morgan fingerprint density at radius 2 is 2.27 bits per heavy atom. The zero-order valence-corrected chi connectivity index (χ0v) is 9.93. The summed E-state index contributed by atoms with van der Waals surface area (Å²) in [6.45, 7) is 4.47. The maximum absolute atomic E-state index is 11.0. The largest absolute Gasteiger partial charge is 0.477 e. The molecule has 15 heavy (non-hydrogen) atoms. The summed E-state index contributed by atoms with van der Waals surface area (Å²) >= 11 is 1.25. The van der Waals surface area contributed by atoms with E-state index < -0.39 is 5.97 Å². The van der Waals surface area contributed by atoms with Crippen molar-refractivity contribution >= 4 is 17.3 Å². The molecular formula is C10H15NO3S. The molecule has 0 aliphatic carbocycles. The van der Waals surface area contributed by atoms with Crippen LogP contribution in [0.2, 0.25) is 0 Å². The maximum atomic E-state index is 11.0. The van der Waals surface area contributed by atoms with Crippen LogP contribution in [-0.2, 0) is 11.2 Å². The first kappa shape index (κ1) is 12.1. The zero-order chi connectivity index (χ0) is 11.4. The number of hydrogen-bond donors (Lipinski definition) is 1. The summed E-state index contributed by atoms with van der Waals surface area (Å²) in [6, 6.07) is 0. The van der Waals surface area contributed by atoms with E-state index in [-0.39, 0.29) is 5.92 Å². The van der Waals surface area contributed by atoms with Gasteiger partial charge in [0.2, 0.25) is 0 Å². The molecule has 0 spiro atoms. The van der Waals surface area contributed by atoms with Crippen LogP contribution in [0.4, 0.5) is 0 Å². The van der Waals surface area contributed by atoms with Crippen LogP contribution in [-0.4, -0.2) is 29.8 Å². The second kappa shape index (κ2) is 5.23. The van der Waals surface area contributed by atoms with Crippen LogP contribution in [0, 0.1) is 0 Å². The average molecular weight is 229 g/mol. The number of aromatic carboxylic acids is 1. The SMILES string of the molecule is COCCc1nc(C(C)C)c(C(=O)O)s1. The van der Waals surface area contributed by atoms with Gasteiger partial charge >= 0.3 is 5.97 Å². The number of ether oxygens (including phenoxy) is 1. The van der Waals surface area contributed by atoms with Crippen molar-refractivity contribution in [3.8, 4) is 0 Å². The average Bonchev–Trinajstić information content (AvgIpc) is 2.58. The quantitative estimate of drug-likeness (QED) is 0.840. The summed E-state index contributed by atoms with van der Waals surface area (Å²) in [7, 11) is 1.62. The van der Waals surface area contributed by atoms with E-state index in [9.17, 15) is 4.79 Å². The van der Waals surface area contributed by atoms with Crippen molar-refractivity contribution in [3.05, 3.63) is 15.6 Å². The number of carboxylic acids is 1. The highest BCUT2D eigenvalue weighted by atomic mass is 32.1. The smallest absolute Gasteiger partial charge is 0.347 e. The van der Waals surface area contributed by atoms with Crippen LogP contribution in [0.5, 0.6) is 0 Å². The second-order valence-electron chi connectivity index (χ2n) is 3.52. The van der Waals surface area contributed by atoms with Crippen molar-refractivity contribution in [2.75, 3.05) is 13.7 Å². The van der Waals surface area contributed by atoms with E-state index in [0.717, 1.165) is 5.01 Å². The standard InChI is InChI=1S/C10H15NO3S/c1-6(2)8-9(10(12)13)15-7(11-8)4-5-14-3/h6H,4-5H2,1-3H3,(H,12,13). The van der Waals surface area contributed by atoms with Gasteiger partial charge in [-0.15, -0.1) is 11.3 Å². The lowest BCUT2D eigenvalue weighted by Crippen LogP contribution is -2.00. The van der Waals surface area contributed by atoms with Crippen LogP contribution in [0.15, 0.2) is 0 Å². The highest BCUT2D eigenvalue weighted by molar-refractivity contribution is 7.13. The summed E-state index contributed by atoms with van der Waals surface area (Å²) < 4.78 is 4.94. The normalized spacial score (nSPS) is 10.9. The van der Waals surface area contributed by atoms with Crippen molar-refractivity contribution < 1.29 is 14.6 Å². The second-order valence-corrected chi connectivity index (χ2v) is 4.61. The van der Waals surface area contributed by atoms with Crippen LogP contribution >= 0.6 is 11.3 Å². The molecule has 5 heteroatoms. The molecule has 0 saturated heterocycles. The maximum Gasteiger partial charge on any atom is 0.347 e. The van der Waals surface area contributed by atoms with Crippen molar-refractivity contribution in [3.63, 3.8) is 0 Å². The molecule has 0 aliphatic rings. The third-order valence-corrected chi connectivity index (χ3v) is 3.08. The Kier molecular flexibility index (Phi) is 4.23. The topological polar surface area (TPSA) is 59.4 Å². The first-order valence-corrected chi connectivity index (χ1v) is 5.59. The molecule has 1 aromatic heterocycles. The predicted molar refractivity (Wildman–Crippen MR) is 58.7 cm³/mol. The summed E-state index contributed by atoms with van der Waals surface area (Å²) in [5, 5.41) is 9.82. The molecule has 1 aromatic rings. The molecule has 0 aliphatic heterocycles. The Morgan fingerprint density at radius 1 is 1.60 bits per heavy atom. The Hall–Kier alpha value is -0.940. The third-order valence-electron chi connectivity index (χ3n) is 1.96. The zero-order valence-electron chi connectivity index (χ0n) is 9.11. The molecule has 84 valence electrons. The number of hydrogen-bond acceptors (Lipinski definition) is 4. The van der Waals surface area contributed by atoms with Gasteiger partial charge in [-0.2, -0.15) is 0 Å². The fourth-order valence-electron chi connectivity index (χ4n) is 1.22. The Bertz CT molecular complexity index is 346. The van der Waals surface area contributed by atoms with Gasteiger partial charge in [-0.3, -0.25) is 0 Å². The lowest BCUT2D eigenvalue weighted by Gasteiger charge is -2.00. The van der Waals surface area contributed by atoms with E-state index in [1.165, 1.54) is 11.3 Å². The first-order chi connectivity index (χ1) is 7.06. The molecule has 0 amide bonds. The lowest BCUT2D eigenvalue weighted by molar-refractivity contribution is 0.0700. The highest BCUT2D eigenvalue weighted by Crippen LogP contribution is 2.25. The molecule has 1 heterocycles. The number of carbonyl (C=O) groups is 1. The number of carboxylic acid groups (broad SMARTS) is 1. The van der Waals surface area contributed by atoms with Gasteiger partial charge in [0.05, 0.1) is 17.3 Å². The highest BCUT2D eigenvalue weighted by Gasteiger charge is 2.19. The van der Waals surface area contributed by atoms with Gasteiger partial charge in [0.1, 0.15) is 4.88 Å². The monoisotopic (exact) mass is 229 g/mol. The van der Waals surface area contributed by atoms with Crippen molar-refractivity contribution in [2.24, 2.45) is 0 Å². The predicted octanol–water partition coefficient (Wildman–Crippen LogP) is 2.15. The summed E-state index contributed by atoms with van der Waals surface area (Å²) in [4.78, 5) is 15.6. The Balaban J connectivity index is 2.93. The van der Waals surface area contributed by atoms with Crippen LogP contribution in [0.3, 0.4) is 0 Å². The minimum Gasteiger partial charge on any atom is -0.477 e. The molecule has 0 atom stereocenters. The number of thiazole rings is 1. The summed E-state index contributed by atoms with van der Waals surface area (Å²) in [5.74, 6) is -0.747. The molecule has 0 saturated carbocycles. The number of aromatic nitrogens is 1. The van der Waals surface area contributed by atoms with E-state index in [0.29, 0.717) is 23.6 Å². The molecule has 0 fully saturated rings. The first-order valence-electron chi connectivity index (χ1n) is 4.78. The van der Waals surface area contributed by atoms with E-state index in [1.54, 1.807) is 7.11 Å². The number of nitrogens with zero attached hydrogens (tertiary/aromatic N) is 1. The van der Waals surface area contributed by atoms with Gasteiger partial charge in [0, 0.05) is 13.5 Å². The van der Waals surface area contributed by atoms with Crippen molar-refractivity contribution in [2.45, 2.75) is 26.2 Å². The van der Waals surface area contributed by atoms with Gasteiger partial charge in [0.15, 0.2) is 0 Å². The molecule has 4 nitrogen and oxygen atoms in total. The molecule has 0 aromatic carbocycles. The molecular weight excluding hydrogens is 214 g/mol. The fraction of sp³-hybridized carbons (Fsp3) is 0.600. The summed E-state index contributed by atoms with van der Waals surface area (Å²) in [5.41, 5.74) is 0.679. The van der Waals surface area contributed by atoms with E-state index >= 15 is 0 Å². The van der Waals surface area contributed by atoms with Gasteiger partial charge in [0.25, 0.3) is 0 Å². The van der Waals surface area contributed by atoms with E-state index in [4.69, 9.17) is 9.84 Å². The fourth-order valence-corrected chi connectivity index (χ4v) is 2.26. The lowest BCUT2D eigenvalue weighted by atomic mass is 10.1. The number of methoxy groups -OCH3 is 1. The van der Waals surface area contributed by atoms with Gasteiger partial charge < -0.3 is 9.84 Å². The van der Waals surface area contributed by atoms with Crippen molar-refractivity contribution in [1.82, 2.24) is 4.98 Å². The van der Waals surface area contributed by atoms with Crippen LogP contribution in [0.25, 0.3) is 0 Å². The van der Waals surface area contributed by atoms with E-state index in [2.05, 4.69) is 4.98 Å².